The monoisotopic (exact) mass is 1690 g/mol. The van der Waals surface area contributed by atoms with Gasteiger partial charge in [0, 0.05) is 66.1 Å². The van der Waals surface area contributed by atoms with Crippen molar-refractivity contribution in [2.45, 2.75) is 468 Å². The highest BCUT2D eigenvalue weighted by molar-refractivity contribution is 5.06. The fourth-order valence-corrected chi connectivity index (χ4v) is 26.6. The highest BCUT2D eigenvalue weighted by atomic mass is 16.5. The standard InChI is InChI=1S/C14H24O.C12H24O.2C11H20O.3C11H22O.2C10H20O.C9H18O/c1-3-15-9-14(2)12-5-10-4-11(7-12)8-13(14)6-10;1-4-13-10-12(11(2)3)8-6-5-7-9-12;1-4-12-10-8-5-6-9(7-8)11(10,2)3;1-3-12-8-11(2)7-9-4-5-10(11)6-9;1-6-12-9-10(2,3)7-8-11(9,4)5;1-4-12-9-11(10(2)3)7-5-6-8-11;1-3-11(10-12-4-2)8-6-5-7-9-11;1-3-11-9-10(2)7-5-4-6-8-10;1-3-10(9-11-4-2)7-5-6-8-10;1-3-10-8-9(2)6-4-5-7-9/h10-13H,3-9H2,1-2H3;11H,4-10H2,1-3H3;8-10H,4-7H2,1-3H3;9-10H,3-8H2,1-2H3;9H,6-8H2,1-5H3;10H,4-9H2,1-3H3;3-10H2,1-2H3;2*3-9H2,1-2H3;3-8H2,1-2H3. The van der Waals surface area contributed by atoms with Crippen LogP contribution >= 0.6 is 0 Å². The van der Waals surface area contributed by atoms with Gasteiger partial charge in [0.25, 0.3) is 0 Å². The maximum absolute atomic E-state index is 5.85. The Morgan fingerprint density at radius 2 is 0.608 bits per heavy atom. The zero-order valence-corrected chi connectivity index (χ0v) is 85.6. The van der Waals surface area contributed by atoms with E-state index in [4.69, 9.17) is 47.4 Å². The van der Waals surface area contributed by atoms with E-state index in [9.17, 15) is 0 Å². The van der Waals surface area contributed by atoms with E-state index in [1.807, 2.05) is 0 Å². The van der Waals surface area contributed by atoms with Crippen LogP contribution in [0.3, 0.4) is 0 Å². The first-order valence-electron chi connectivity index (χ1n) is 53.0. The first-order valence-corrected chi connectivity index (χ1v) is 53.0. The molecule has 15 fully saturated rings. The molecule has 8 bridgehead atoms. The Kier molecular flexibility index (Phi) is 50.5. The second kappa shape index (κ2) is 55.1. The van der Waals surface area contributed by atoms with Gasteiger partial charge in [-0.1, -0.05) is 214 Å². The molecule has 120 heavy (non-hydrogen) atoms. The molecule has 6 atom stereocenters. The van der Waals surface area contributed by atoms with Gasteiger partial charge in [0.1, 0.15) is 0 Å². The summed E-state index contributed by atoms with van der Waals surface area (Å²) >= 11 is 0. The number of hydrogen-bond donors (Lipinski definition) is 0. The summed E-state index contributed by atoms with van der Waals surface area (Å²) in [4.78, 5) is 0. The minimum absolute atomic E-state index is 0.375. The van der Waals surface area contributed by atoms with Crippen LogP contribution in [0.1, 0.15) is 456 Å². The first kappa shape index (κ1) is 110. The second-order valence-electron chi connectivity index (χ2n) is 46.1. The van der Waals surface area contributed by atoms with Crippen molar-refractivity contribution in [3.05, 3.63) is 0 Å². The summed E-state index contributed by atoms with van der Waals surface area (Å²) in [5, 5.41) is 0. The zero-order valence-electron chi connectivity index (χ0n) is 85.6. The molecule has 0 saturated heterocycles. The molecule has 15 aliphatic rings. The summed E-state index contributed by atoms with van der Waals surface area (Å²) in [5.41, 5.74) is 5.46. The summed E-state index contributed by atoms with van der Waals surface area (Å²) in [6.07, 6.45) is 61.7. The molecular weight excluding hydrogens is 1480 g/mol. The smallest absolute Gasteiger partial charge is 0.0676 e. The molecule has 0 aromatic rings. The molecule has 6 unspecified atom stereocenters. The number of rotatable bonds is 32. The van der Waals surface area contributed by atoms with Crippen LogP contribution in [0.25, 0.3) is 0 Å². The normalized spacial score (nSPS) is 31.2. The number of ether oxygens (including phenoxy) is 10. The van der Waals surface area contributed by atoms with Crippen molar-refractivity contribution in [3.63, 3.8) is 0 Å². The van der Waals surface area contributed by atoms with Gasteiger partial charge in [-0.15, -0.1) is 0 Å². The van der Waals surface area contributed by atoms with E-state index in [0.29, 0.717) is 71.8 Å². The van der Waals surface area contributed by atoms with Crippen molar-refractivity contribution in [1.82, 2.24) is 0 Å². The predicted molar refractivity (Wildman–Crippen MR) is 514 cm³/mol. The molecule has 712 valence electrons. The van der Waals surface area contributed by atoms with Crippen molar-refractivity contribution >= 4 is 0 Å². The molecule has 0 aromatic heterocycles. The van der Waals surface area contributed by atoms with Gasteiger partial charge in [-0.3, -0.25) is 0 Å². The van der Waals surface area contributed by atoms with E-state index in [0.717, 1.165) is 178 Å². The fourth-order valence-electron chi connectivity index (χ4n) is 26.6. The Balaban J connectivity index is 0.000000238. The van der Waals surface area contributed by atoms with Crippen LogP contribution in [-0.2, 0) is 47.4 Å². The third-order valence-electron chi connectivity index (χ3n) is 35.3. The van der Waals surface area contributed by atoms with Gasteiger partial charge in [0.2, 0.25) is 0 Å². The Hall–Kier alpha value is -0.400. The molecule has 10 nitrogen and oxygen atoms in total. The molecule has 0 aromatic carbocycles. The molecule has 10 heteroatoms. The molecule has 0 heterocycles. The molecule has 15 saturated carbocycles. The SMILES string of the molecule is CCOC1C(C)(C)CCC1(C)C.CCOC1C2CCC(C2)C1(C)C.CCOCC1(C(C)C)CCCC1.CCOCC1(C(C)C)CCCCC1.CCOCC1(C)C2CC3CC(C2)CC1C3.CCOCC1(C)CC2CCC1C2.CCOCC1(C)CCCC1.CCOCC1(C)CCCCC1.CCOCC1(CC)CCCC1.CCOCC1(CC)CCCCC1. The predicted octanol–water partition coefficient (Wildman–Crippen LogP) is 31.3. The summed E-state index contributed by atoms with van der Waals surface area (Å²) in [6, 6.07) is 0. The highest BCUT2D eigenvalue weighted by Crippen LogP contribution is 2.63. The average molecular weight is 1690 g/mol. The van der Waals surface area contributed by atoms with E-state index in [2.05, 4.69) is 180 Å². The minimum atomic E-state index is 0.375. The Labute approximate surface area is 749 Å². The van der Waals surface area contributed by atoms with Gasteiger partial charge < -0.3 is 47.4 Å². The molecule has 0 aliphatic heterocycles. The summed E-state index contributed by atoms with van der Waals surface area (Å²) in [7, 11) is 0. The third kappa shape index (κ3) is 34.1. The van der Waals surface area contributed by atoms with Gasteiger partial charge in [-0.05, 0) is 361 Å². The molecule has 0 amide bonds. The van der Waals surface area contributed by atoms with E-state index in [1.165, 1.54) is 270 Å². The lowest BCUT2D eigenvalue weighted by molar-refractivity contribution is -0.132. The molecule has 15 aliphatic carbocycles. The zero-order chi connectivity index (χ0) is 88.6. The van der Waals surface area contributed by atoms with Crippen LogP contribution in [0.5, 0.6) is 0 Å². The maximum atomic E-state index is 5.85. The van der Waals surface area contributed by atoms with Gasteiger partial charge in [-0.2, -0.15) is 0 Å². The van der Waals surface area contributed by atoms with E-state index < -0.39 is 0 Å². The van der Waals surface area contributed by atoms with E-state index in [-0.39, 0.29) is 0 Å². The van der Waals surface area contributed by atoms with Crippen molar-refractivity contribution in [3.8, 4) is 0 Å². The summed E-state index contributed by atoms with van der Waals surface area (Å²) < 4.78 is 56.2. The lowest BCUT2D eigenvalue weighted by Crippen LogP contribution is -2.53. The van der Waals surface area contributed by atoms with Crippen molar-refractivity contribution < 1.29 is 47.4 Å². The quantitative estimate of drug-likeness (QED) is 0.0648. The van der Waals surface area contributed by atoms with Crippen molar-refractivity contribution in [2.75, 3.05) is 119 Å². The molecule has 0 N–H and O–H groups in total. The topological polar surface area (TPSA) is 92.3 Å². The summed E-state index contributed by atoms with van der Waals surface area (Å²) in [6.45, 7) is 75.3. The average Bonchev–Trinajstić information content (AvgIpc) is 1.16. The van der Waals surface area contributed by atoms with Crippen LogP contribution in [0.4, 0.5) is 0 Å². The van der Waals surface area contributed by atoms with Crippen LogP contribution in [0.15, 0.2) is 0 Å². The Bertz CT molecular complexity index is 2500. The van der Waals surface area contributed by atoms with Gasteiger partial charge >= 0.3 is 0 Å². The highest BCUT2D eigenvalue weighted by Gasteiger charge is 2.56. The molecule has 15 rings (SSSR count). The minimum Gasteiger partial charge on any atom is -0.381 e. The van der Waals surface area contributed by atoms with Crippen molar-refractivity contribution in [1.29, 1.82) is 0 Å². The lowest BCUT2D eigenvalue weighted by atomic mass is 9.46. The summed E-state index contributed by atoms with van der Waals surface area (Å²) in [5.74, 6) is 9.55. The molecule has 0 spiro atoms. The molecular formula is C110H212O10. The number of fused-ring (bicyclic) bond motifs is 4. The largest absolute Gasteiger partial charge is 0.381 e. The maximum Gasteiger partial charge on any atom is 0.0676 e. The fraction of sp³-hybridized carbons (Fsp3) is 1.00. The van der Waals surface area contributed by atoms with Gasteiger partial charge in [-0.25, -0.2) is 0 Å². The van der Waals surface area contributed by atoms with E-state index >= 15 is 0 Å². The van der Waals surface area contributed by atoms with E-state index in [1.54, 1.807) is 6.42 Å². The van der Waals surface area contributed by atoms with Crippen LogP contribution in [0.2, 0.25) is 0 Å². The van der Waals surface area contributed by atoms with Crippen LogP contribution in [0, 0.1) is 119 Å². The van der Waals surface area contributed by atoms with Gasteiger partial charge in [0.15, 0.2) is 0 Å². The Morgan fingerprint density at radius 1 is 0.275 bits per heavy atom. The van der Waals surface area contributed by atoms with Crippen LogP contribution < -0.4 is 0 Å². The lowest BCUT2D eigenvalue weighted by Gasteiger charge is -2.60. The number of hydrogen-bond acceptors (Lipinski definition) is 10. The Morgan fingerprint density at radius 3 is 0.958 bits per heavy atom. The van der Waals surface area contributed by atoms with Crippen LogP contribution in [-0.4, -0.2) is 131 Å². The first-order chi connectivity index (χ1) is 57.1. The molecule has 0 radical (unpaired) electrons. The van der Waals surface area contributed by atoms with Crippen molar-refractivity contribution in [2.24, 2.45) is 119 Å². The van der Waals surface area contributed by atoms with Gasteiger partial charge in [0.05, 0.1) is 65.1 Å². The second-order valence-corrected chi connectivity index (χ2v) is 46.1. The third-order valence-corrected chi connectivity index (χ3v) is 35.3.